The molecule has 3 aromatic rings. The molecule has 0 radical (unpaired) electrons. The molecule has 0 saturated heterocycles. The lowest BCUT2D eigenvalue weighted by molar-refractivity contribution is -0.118. The SMILES string of the molecule is CCCCNC(=O)CSc1nc2c(sc3ncccc32)c(=O)n1CCC(C)C. The van der Waals surface area contributed by atoms with E-state index in [9.17, 15) is 9.59 Å². The lowest BCUT2D eigenvalue weighted by atomic mass is 10.1. The first-order chi connectivity index (χ1) is 13.5. The number of aromatic nitrogens is 3. The molecule has 3 heterocycles. The molecule has 150 valence electrons. The van der Waals surface area contributed by atoms with Crippen molar-refractivity contribution in [2.75, 3.05) is 12.3 Å². The van der Waals surface area contributed by atoms with Gasteiger partial charge in [0.1, 0.15) is 9.53 Å². The van der Waals surface area contributed by atoms with Crippen molar-refractivity contribution in [3.63, 3.8) is 0 Å². The minimum Gasteiger partial charge on any atom is -0.355 e. The van der Waals surface area contributed by atoms with Gasteiger partial charge >= 0.3 is 0 Å². The van der Waals surface area contributed by atoms with Gasteiger partial charge in [0.15, 0.2) is 5.16 Å². The molecule has 3 rings (SSSR count). The van der Waals surface area contributed by atoms with Crippen LogP contribution >= 0.6 is 23.1 Å². The van der Waals surface area contributed by atoms with Crippen LogP contribution in [0, 0.1) is 5.92 Å². The van der Waals surface area contributed by atoms with Crippen LogP contribution in [0.5, 0.6) is 0 Å². The van der Waals surface area contributed by atoms with Crippen LogP contribution in [0.1, 0.15) is 40.0 Å². The Bertz CT molecular complexity index is 1030. The van der Waals surface area contributed by atoms with Crippen molar-refractivity contribution < 1.29 is 4.79 Å². The molecule has 0 bridgehead atoms. The number of thiophene rings is 1. The summed E-state index contributed by atoms with van der Waals surface area (Å²) < 4.78 is 2.36. The molecule has 1 N–H and O–H groups in total. The monoisotopic (exact) mass is 418 g/mol. The molecule has 0 aliphatic heterocycles. The van der Waals surface area contributed by atoms with Crippen LogP contribution in [0.4, 0.5) is 0 Å². The Labute approximate surface area is 172 Å². The Morgan fingerprint density at radius 1 is 1.39 bits per heavy atom. The molecule has 8 heteroatoms. The van der Waals surface area contributed by atoms with E-state index in [1.807, 2.05) is 12.1 Å². The Balaban J connectivity index is 1.95. The van der Waals surface area contributed by atoms with E-state index in [1.165, 1.54) is 23.1 Å². The summed E-state index contributed by atoms with van der Waals surface area (Å²) in [5, 5.41) is 4.41. The van der Waals surface area contributed by atoms with Crippen LogP contribution in [0.2, 0.25) is 0 Å². The number of amides is 1. The van der Waals surface area contributed by atoms with Crippen molar-refractivity contribution in [1.29, 1.82) is 0 Å². The zero-order chi connectivity index (χ0) is 20.1. The fourth-order valence-electron chi connectivity index (χ4n) is 2.82. The van der Waals surface area contributed by atoms with Gasteiger partial charge in [-0.2, -0.15) is 0 Å². The molecule has 6 nitrogen and oxygen atoms in total. The van der Waals surface area contributed by atoms with Crippen molar-refractivity contribution in [1.82, 2.24) is 19.9 Å². The Kier molecular flexibility index (Phi) is 7.07. The zero-order valence-corrected chi connectivity index (χ0v) is 18.2. The highest BCUT2D eigenvalue weighted by Gasteiger charge is 2.17. The third kappa shape index (κ3) is 4.72. The molecule has 0 aliphatic rings. The van der Waals surface area contributed by atoms with Crippen LogP contribution < -0.4 is 10.9 Å². The predicted octanol–water partition coefficient (Wildman–Crippen LogP) is 4.06. The van der Waals surface area contributed by atoms with Crippen LogP contribution in [0.25, 0.3) is 20.4 Å². The van der Waals surface area contributed by atoms with Gasteiger partial charge in [-0.3, -0.25) is 14.2 Å². The van der Waals surface area contributed by atoms with E-state index in [-0.39, 0.29) is 17.2 Å². The Morgan fingerprint density at radius 3 is 2.96 bits per heavy atom. The molecule has 0 unspecified atom stereocenters. The fourth-order valence-corrected chi connectivity index (χ4v) is 4.70. The standard InChI is InChI=1S/C20H26N4O2S2/c1-4-5-9-21-15(25)12-27-20-23-16-14-7-6-10-22-18(14)28-17(16)19(26)24(20)11-8-13(2)3/h6-7,10,13H,4-5,8-9,11-12H2,1-3H3,(H,21,25). The third-order valence-corrected chi connectivity index (χ3v) is 6.50. The summed E-state index contributed by atoms with van der Waals surface area (Å²) in [7, 11) is 0. The summed E-state index contributed by atoms with van der Waals surface area (Å²) in [5.41, 5.74) is 0.648. The zero-order valence-electron chi connectivity index (χ0n) is 16.5. The summed E-state index contributed by atoms with van der Waals surface area (Å²) in [6, 6.07) is 3.80. The summed E-state index contributed by atoms with van der Waals surface area (Å²) in [6.07, 6.45) is 4.62. The molecule has 0 atom stereocenters. The van der Waals surface area contributed by atoms with Crippen LogP contribution in [-0.4, -0.2) is 32.7 Å². The van der Waals surface area contributed by atoms with E-state index in [2.05, 4.69) is 31.1 Å². The van der Waals surface area contributed by atoms with Crippen molar-refractivity contribution in [3.05, 3.63) is 28.7 Å². The molecule has 28 heavy (non-hydrogen) atoms. The number of fused-ring (bicyclic) bond motifs is 3. The number of unbranched alkanes of at least 4 members (excludes halogenated alkanes) is 1. The van der Waals surface area contributed by atoms with Gasteiger partial charge in [-0.25, -0.2) is 9.97 Å². The molecular weight excluding hydrogens is 392 g/mol. The quantitative estimate of drug-likeness (QED) is 0.322. The molecule has 0 spiro atoms. The molecule has 0 aliphatic carbocycles. The molecule has 0 fully saturated rings. The van der Waals surface area contributed by atoms with E-state index >= 15 is 0 Å². The second-order valence-corrected chi connectivity index (χ2v) is 9.10. The third-order valence-electron chi connectivity index (χ3n) is 4.43. The minimum absolute atomic E-state index is 0.0277. The fraction of sp³-hybridized carbons (Fsp3) is 0.500. The van der Waals surface area contributed by atoms with Crippen LogP contribution in [0.3, 0.4) is 0 Å². The minimum atomic E-state index is -0.0393. The highest BCUT2D eigenvalue weighted by Crippen LogP contribution is 2.30. The first-order valence-electron chi connectivity index (χ1n) is 9.68. The summed E-state index contributed by atoms with van der Waals surface area (Å²) in [4.78, 5) is 35.3. The second kappa shape index (κ2) is 9.52. The van der Waals surface area contributed by atoms with Gasteiger partial charge in [-0.1, -0.05) is 39.0 Å². The highest BCUT2D eigenvalue weighted by atomic mass is 32.2. The predicted molar refractivity (Wildman–Crippen MR) is 117 cm³/mol. The number of carbonyl (C=O) groups is 1. The number of thioether (sulfide) groups is 1. The Hall–Kier alpha value is -1.93. The van der Waals surface area contributed by atoms with Crippen LogP contribution in [0.15, 0.2) is 28.3 Å². The van der Waals surface area contributed by atoms with Crippen LogP contribution in [-0.2, 0) is 11.3 Å². The largest absolute Gasteiger partial charge is 0.355 e. The highest BCUT2D eigenvalue weighted by molar-refractivity contribution is 7.99. The maximum Gasteiger partial charge on any atom is 0.272 e. The average Bonchev–Trinajstić information content (AvgIpc) is 3.05. The molecule has 0 saturated carbocycles. The molecular formula is C20H26N4O2S2. The van der Waals surface area contributed by atoms with E-state index in [0.29, 0.717) is 34.4 Å². The van der Waals surface area contributed by atoms with Gasteiger partial charge in [0.2, 0.25) is 5.91 Å². The number of pyridine rings is 1. The van der Waals surface area contributed by atoms with E-state index in [4.69, 9.17) is 4.98 Å². The van der Waals surface area contributed by atoms with Gasteiger partial charge in [0, 0.05) is 24.7 Å². The van der Waals surface area contributed by atoms with Crippen molar-refractivity contribution >= 4 is 49.4 Å². The maximum absolute atomic E-state index is 13.2. The number of hydrogen-bond donors (Lipinski definition) is 1. The van der Waals surface area contributed by atoms with Gasteiger partial charge in [-0.05, 0) is 30.9 Å². The van der Waals surface area contributed by atoms with Crippen molar-refractivity contribution in [3.8, 4) is 0 Å². The van der Waals surface area contributed by atoms with E-state index in [0.717, 1.165) is 29.5 Å². The summed E-state index contributed by atoms with van der Waals surface area (Å²) in [5.74, 6) is 0.700. The van der Waals surface area contributed by atoms with Gasteiger partial charge in [0.25, 0.3) is 5.56 Å². The van der Waals surface area contributed by atoms with E-state index in [1.54, 1.807) is 10.8 Å². The summed E-state index contributed by atoms with van der Waals surface area (Å²) in [6.45, 7) is 7.64. The van der Waals surface area contributed by atoms with Crippen molar-refractivity contribution in [2.24, 2.45) is 5.92 Å². The lowest BCUT2D eigenvalue weighted by Gasteiger charge is -2.13. The maximum atomic E-state index is 13.2. The van der Waals surface area contributed by atoms with Gasteiger partial charge in [0.05, 0.1) is 11.3 Å². The van der Waals surface area contributed by atoms with Gasteiger partial charge < -0.3 is 5.32 Å². The Morgan fingerprint density at radius 2 is 2.21 bits per heavy atom. The molecule has 3 aromatic heterocycles. The van der Waals surface area contributed by atoms with E-state index < -0.39 is 0 Å². The second-order valence-electron chi connectivity index (χ2n) is 7.16. The number of carbonyl (C=O) groups excluding carboxylic acids is 1. The molecule has 0 aromatic carbocycles. The first kappa shape index (κ1) is 20.8. The smallest absolute Gasteiger partial charge is 0.272 e. The molecule has 1 amide bonds. The number of nitrogens with zero attached hydrogens (tertiary/aromatic N) is 3. The normalized spacial score (nSPS) is 11.6. The average molecular weight is 419 g/mol. The topological polar surface area (TPSA) is 76.9 Å². The number of nitrogens with one attached hydrogen (secondary N) is 1. The summed E-state index contributed by atoms with van der Waals surface area (Å²) >= 11 is 2.72. The number of rotatable bonds is 9. The van der Waals surface area contributed by atoms with Crippen molar-refractivity contribution in [2.45, 2.75) is 51.7 Å². The van der Waals surface area contributed by atoms with Gasteiger partial charge in [-0.15, -0.1) is 11.3 Å². The number of hydrogen-bond acceptors (Lipinski definition) is 6. The first-order valence-corrected chi connectivity index (χ1v) is 11.5. The lowest BCUT2D eigenvalue weighted by Crippen LogP contribution is -2.27.